The smallest absolute Gasteiger partial charge is 0.196 e. The molecular formula is C19H20O4. The molecule has 1 heterocycles. The van der Waals surface area contributed by atoms with Gasteiger partial charge in [-0.25, -0.2) is 0 Å². The molecule has 120 valence electrons. The predicted octanol–water partition coefficient (Wildman–Crippen LogP) is 2.57. The van der Waals surface area contributed by atoms with E-state index in [-0.39, 0.29) is 5.78 Å². The third kappa shape index (κ3) is 1.28. The summed E-state index contributed by atoms with van der Waals surface area (Å²) in [6.45, 7) is 0. The largest absolute Gasteiger partial charge is 0.493 e. The molecule has 2 bridgehead atoms. The Kier molecular flexibility index (Phi) is 2.47. The second kappa shape index (κ2) is 4.18. The normalized spacial score (nSPS) is 39.0. The van der Waals surface area contributed by atoms with Gasteiger partial charge in [0.05, 0.1) is 12.5 Å². The van der Waals surface area contributed by atoms with Gasteiger partial charge in [0.1, 0.15) is 5.60 Å². The maximum atomic E-state index is 12.7. The first-order valence-electron chi connectivity index (χ1n) is 8.33. The Hall–Kier alpha value is -1.81. The van der Waals surface area contributed by atoms with Crippen molar-refractivity contribution in [2.24, 2.45) is 5.92 Å². The zero-order valence-corrected chi connectivity index (χ0v) is 13.4. The van der Waals surface area contributed by atoms with Crippen LogP contribution in [-0.4, -0.2) is 31.7 Å². The first-order chi connectivity index (χ1) is 11.2. The number of ketones is 1. The summed E-state index contributed by atoms with van der Waals surface area (Å²) in [5.41, 5.74) is 1.63. The summed E-state index contributed by atoms with van der Waals surface area (Å²) < 4.78 is 17.9. The number of carbonyl (C=O) groups is 1. The van der Waals surface area contributed by atoms with Crippen molar-refractivity contribution < 1.29 is 19.0 Å². The molecule has 0 aromatic heterocycles. The van der Waals surface area contributed by atoms with Gasteiger partial charge >= 0.3 is 0 Å². The Balaban J connectivity index is 1.90. The van der Waals surface area contributed by atoms with E-state index in [1.807, 2.05) is 12.1 Å². The molecule has 1 aromatic carbocycles. The SMILES string of the molecule is COc1ccc2c3c1O[C@H]1C(=O)C=C[C@@]4(OC)[C@H](CCCC314)C2. The lowest BCUT2D eigenvalue weighted by atomic mass is 9.47. The standard InChI is InChI=1S/C19H20O4/c1-21-14-6-5-11-10-12-4-3-8-18-15(11)16(14)23-17(18)13(20)7-9-19(12,18)22-2/h5-7,9,12,17H,3-4,8,10H2,1-2H3/t12-,17+,18?,19-/m1/s1. The lowest BCUT2D eigenvalue weighted by Crippen LogP contribution is -2.68. The predicted molar refractivity (Wildman–Crippen MR) is 84.0 cm³/mol. The second-order valence-corrected chi connectivity index (χ2v) is 7.13. The van der Waals surface area contributed by atoms with E-state index in [1.54, 1.807) is 20.3 Å². The highest BCUT2D eigenvalue weighted by Crippen LogP contribution is 2.66. The van der Waals surface area contributed by atoms with Gasteiger partial charge in [0, 0.05) is 12.7 Å². The van der Waals surface area contributed by atoms with Crippen LogP contribution >= 0.6 is 0 Å². The van der Waals surface area contributed by atoms with Gasteiger partial charge in [-0.15, -0.1) is 0 Å². The first-order valence-corrected chi connectivity index (χ1v) is 8.33. The number of benzene rings is 1. The van der Waals surface area contributed by atoms with Crippen molar-refractivity contribution in [1.82, 2.24) is 0 Å². The van der Waals surface area contributed by atoms with Gasteiger partial charge in [0.25, 0.3) is 0 Å². The lowest BCUT2D eigenvalue weighted by molar-refractivity contribution is -0.154. The lowest BCUT2D eigenvalue weighted by Gasteiger charge is -2.59. The van der Waals surface area contributed by atoms with E-state index < -0.39 is 17.1 Å². The molecule has 0 radical (unpaired) electrons. The molecule has 23 heavy (non-hydrogen) atoms. The molecule has 3 aliphatic carbocycles. The summed E-state index contributed by atoms with van der Waals surface area (Å²) in [5, 5.41) is 0. The van der Waals surface area contributed by atoms with E-state index in [2.05, 4.69) is 6.07 Å². The van der Waals surface area contributed by atoms with Crippen molar-refractivity contribution in [3.63, 3.8) is 0 Å². The van der Waals surface area contributed by atoms with Crippen molar-refractivity contribution in [3.8, 4) is 11.5 Å². The minimum atomic E-state index is -0.486. The maximum absolute atomic E-state index is 12.7. The topological polar surface area (TPSA) is 44.8 Å². The molecule has 4 heteroatoms. The Morgan fingerprint density at radius 2 is 2.17 bits per heavy atom. The van der Waals surface area contributed by atoms with Crippen LogP contribution in [0.4, 0.5) is 0 Å². The van der Waals surface area contributed by atoms with E-state index in [1.165, 1.54) is 5.56 Å². The molecule has 0 N–H and O–H groups in total. The monoisotopic (exact) mass is 312 g/mol. The Bertz CT molecular complexity index is 752. The van der Waals surface area contributed by atoms with Crippen LogP contribution in [0.25, 0.3) is 0 Å². The van der Waals surface area contributed by atoms with Crippen molar-refractivity contribution >= 4 is 5.78 Å². The van der Waals surface area contributed by atoms with Crippen molar-refractivity contribution in [2.45, 2.75) is 42.8 Å². The van der Waals surface area contributed by atoms with E-state index in [0.717, 1.165) is 37.0 Å². The minimum Gasteiger partial charge on any atom is -0.493 e. The molecule has 4 atom stereocenters. The zero-order valence-electron chi connectivity index (χ0n) is 13.4. The van der Waals surface area contributed by atoms with Crippen LogP contribution in [0.2, 0.25) is 0 Å². The van der Waals surface area contributed by atoms with Crippen LogP contribution in [0.5, 0.6) is 11.5 Å². The van der Waals surface area contributed by atoms with Gasteiger partial charge in [0.15, 0.2) is 23.4 Å². The van der Waals surface area contributed by atoms with Gasteiger partial charge in [-0.2, -0.15) is 0 Å². The maximum Gasteiger partial charge on any atom is 0.196 e. The number of hydrogen-bond acceptors (Lipinski definition) is 4. The van der Waals surface area contributed by atoms with E-state index >= 15 is 0 Å². The minimum absolute atomic E-state index is 0.0458. The van der Waals surface area contributed by atoms with Crippen molar-refractivity contribution in [2.75, 3.05) is 14.2 Å². The fourth-order valence-corrected chi connectivity index (χ4v) is 5.76. The van der Waals surface area contributed by atoms with Crippen LogP contribution in [0.1, 0.15) is 30.4 Å². The van der Waals surface area contributed by atoms with E-state index in [4.69, 9.17) is 14.2 Å². The average molecular weight is 312 g/mol. The van der Waals surface area contributed by atoms with Gasteiger partial charge in [-0.3, -0.25) is 4.79 Å². The molecule has 0 amide bonds. The highest BCUT2D eigenvalue weighted by molar-refractivity contribution is 5.99. The van der Waals surface area contributed by atoms with Crippen LogP contribution in [0, 0.1) is 5.92 Å². The number of carbonyl (C=O) groups excluding carboxylic acids is 1. The van der Waals surface area contributed by atoms with Gasteiger partial charge in [-0.1, -0.05) is 12.5 Å². The Morgan fingerprint density at radius 3 is 2.96 bits per heavy atom. The van der Waals surface area contributed by atoms with Crippen LogP contribution in [-0.2, 0) is 21.4 Å². The molecule has 1 aliphatic heterocycles. The van der Waals surface area contributed by atoms with Gasteiger partial charge in [0.2, 0.25) is 0 Å². The molecular weight excluding hydrogens is 292 g/mol. The third-order valence-electron chi connectivity index (χ3n) is 6.54. The molecule has 1 spiro atoms. The summed E-state index contributed by atoms with van der Waals surface area (Å²) in [7, 11) is 3.43. The van der Waals surface area contributed by atoms with Crippen molar-refractivity contribution in [3.05, 3.63) is 35.4 Å². The van der Waals surface area contributed by atoms with E-state index in [9.17, 15) is 4.79 Å². The van der Waals surface area contributed by atoms with E-state index in [0.29, 0.717) is 11.7 Å². The number of hydrogen-bond donors (Lipinski definition) is 0. The molecule has 5 rings (SSSR count). The fraction of sp³-hybridized carbons (Fsp3) is 0.526. The molecule has 1 aromatic rings. The van der Waals surface area contributed by atoms with Gasteiger partial charge < -0.3 is 14.2 Å². The summed E-state index contributed by atoms with van der Waals surface area (Å²) in [6, 6.07) is 4.11. The average Bonchev–Trinajstić information content (AvgIpc) is 2.91. The van der Waals surface area contributed by atoms with Crippen LogP contribution in [0.3, 0.4) is 0 Å². The first kappa shape index (κ1) is 13.6. The number of ether oxygens (including phenoxy) is 3. The molecule has 1 unspecified atom stereocenters. The quantitative estimate of drug-likeness (QED) is 0.842. The Labute approximate surface area is 135 Å². The van der Waals surface area contributed by atoms with Crippen molar-refractivity contribution in [1.29, 1.82) is 0 Å². The second-order valence-electron chi connectivity index (χ2n) is 7.13. The van der Waals surface area contributed by atoms with Crippen LogP contribution < -0.4 is 9.47 Å². The molecule has 4 nitrogen and oxygen atoms in total. The summed E-state index contributed by atoms with van der Waals surface area (Å²) in [4.78, 5) is 12.7. The summed E-state index contributed by atoms with van der Waals surface area (Å²) in [6.07, 6.45) is 7.33. The zero-order chi connectivity index (χ0) is 15.8. The molecule has 0 saturated heterocycles. The summed E-state index contributed by atoms with van der Waals surface area (Å²) in [5.74, 6) is 1.91. The number of methoxy groups -OCH3 is 2. The summed E-state index contributed by atoms with van der Waals surface area (Å²) >= 11 is 0. The van der Waals surface area contributed by atoms with Gasteiger partial charge in [-0.05, 0) is 49.0 Å². The third-order valence-corrected chi connectivity index (χ3v) is 6.54. The highest BCUT2D eigenvalue weighted by Gasteiger charge is 2.71. The highest BCUT2D eigenvalue weighted by atomic mass is 16.5. The molecule has 1 fully saturated rings. The number of rotatable bonds is 2. The molecule has 4 aliphatic rings. The fourth-order valence-electron chi connectivity index (χ4n) is 5.76. The van der Waals surface area contributed by atoms with Crippen LogP contribution in [0.15, 0.2) is 24.3 Å². The molecule has 1 saturated carbocycles. The Morgan fingerprint density at radius 1 is 1.30 bits per heavy atom.